The fourth-order valence-corrected chi connectivity index (χ4v) is 2.41. The Morgan fingerprint density at radius 1 is 0.900 bits per heavy atom. The summed E-state index contributed by atoms with van der Waals surface area (Å²) >= 11 is 0. The van der Waals surface area contributed by atoms with Crippen molar-refractivity contribution in [2.75, 3.05) is 0 Å². The number of ether oxygens (including phenoxy) is 1. The van der Waals surface area contributed by atoms with Gasteiger partial charge < -0.3 is 4.74 Å². The van der Waals surface area contributed by atoms with Crippen molar-refractivity contribution in [1.82, 2.24) is 0 Å². The number of benzene rings is 2. The molecule has 0 fully saturated rings. The highest BCUT2D eigenvalue weighted by Gasteiger charge is 2.44. The predicted molar refractivity (Wildman–Crippen MR) is 65.9 cm³/mol. The number of carbonyl (C=O) groups excluding carboxylic acids is 1. The Balaban J connectivity index is 2.06. The normalized spacial score (nSPS) is 13.8. The SMILES string of the molecule is O=C(OC1c2ccccc2-c2ccccc21)C(F)(F)F. The molecule has 0 saturated carbocycles. The molecule has 0 amide bonds. The lowest BCUT2D eigenvalue weighted by molar-refractivity contribution is -0.203. The van der Waals surface area contributed by atoms with Crippen LogP contribution in [0, 0.1) is 0 Å². The number of hydrogen-bond donors (Lipinski definition) is 0. The third-order valence-corrected chi connectivity index (χ3v) is 3.23. The van der Waals surface area contributed by atoms with Gasteiger partial charge in [0.15, 0.2) is 6.10 Å². The van der Waals surface area contributed by atoms with Gasteiger partial charge in [0, 0.05) is 11.1 Å². The Morgan fingerprint density at radius 3 is 1.80 bits per heavy atom. The van der Waals surface area contributed by atoms with Crippen LogP contribution in [0.2, 0.25) is 0 Å². The van der Waals surface area contributed by atoms with Crippen LogP contribution in [0.3, 0.4) is 0 Å². The van der Waals surface area contributed by atoms with Crippen molar-refractivity contribution in [3.63, 3.8) is 0 Å². The summed E-state index contributed by atoms with van der Waals surface area (Å²) in [6.45, 7) is 0. The highest BCUT2D eigenvalue weighted by Crippen LogP contribution is 2.45. The summed E-state index contributed by atoms with van der Waals surface area (Å²) in [6.07, 6.45) is -6.00. The van der Waals surface area contributed by atoms with E-state index >= 15 is 0 Å². The summed E-state index contributed by atoms with van der Waals surface area (Å²) < 4.78 is 41.8. The van der Waals surface area contributed by atoms with E-state index < -0.39 is 18.2 Å². The van der Waals surface area contributed by atoms with Crippen LogP contribution in [0.15, 0.2) is 48.5 Å². The number of fused-ring (bicyclic) bond motifs is 3. The Morgan fingerprint density at radius 2 is 1.35 bits per heavy atom. The molecule has 102 valence electrons. The molecule has 2 aromatic rings. The number of alkyl halides is 3. The monoisotopic (exact) mass is 278 g/mol. The summed E-state index contributed by atoms with van der Waals surface area (Å²) in [5.74, 6) is -2.17. The molecule has 5 heteroatoms. The molecule has 0 unspecified atom stereocenters. The Hall–Kier alpha value is -2.30. The first-order valence-corrected chi connectivity index (χ1v) is 5.94. The maximum atomic E-state index is 12.4. The standard InChI is InChI=1S/C15H9F3O2/c16-15(17,18)14(19)20-13-11-7-3-1-5-9(11)10-6-2-4-8-12(10)13/h1-8,13H. The van der Waals surface area contributed by atoms with E-state index in [9.17, 15) is 18.0 Å². The third kappa shape index (κ3) is 1.95. The molecule has 2 aromatic carbocycles. The molecule has 0 spiro atoms. The zero-order valence-corrected chi connectivity index (χ0v) is 10.1. The van der Waals surface area contributed by atoms with Crippen LogP contribution >= 0.6 is 0 Å². The summed E-state index contributed by atoms with van der Waals surface area (Å²) in [5.41, 5.74) is 2.74. The lowest BCUT2D eigenvalue weighted by Crippen LogP contribution is -2.27. The minimum Gasteiger partial charge on any atom is -0.446 e. The molecule has 20 heavy (non-hydrogen) atoms. The van der Waals surface area contributed by atoms with Crippen molar-refractivity contribution in [3.05, 3.63) is 59.7 Å². The lowest BCUT2D eigenvalue weighted by atomic mass is 10.1. The van der Waals surface area contributed by atoms with E-state index in [2.05, 4.69) is 4.74 Å². The average molecular weight is 278 g/mol. The molecule has 0 aromatic heterocycles. The molecular formula is C15H9F3O2. The molecule has 2 nitrogen and oxygen atoms in total. The summed E-state index contributed by atoms with van der Waals surface area (Å²) in [7, 11) is 0. The summed E-state index contributed by atoms with van der Waals surface area (Å²) in [5, 5.41) is 0. The van der Waals surface area contributed by atoms with Crippen LogP contribution in [0.1, 0.15) is 17.2 Å². The van der Waals surface area contributed by atoms with Gasteiger partial charge in [0.25, 0.3) is 0 Å². The number of carbonyl (C=O) groups is 1. The molecule has 3 rings (SSSR count). The highest BCUT2D eigenvalue weighted by atomic mass is 19.4. The van der Waals surface area contributed by atoms with Gasteiger partial charge in [-0.2, -0.15) is 13.2 Å². The second-order valence-electron chi connectivity index (χ2n) is 4.46. The van der Waals surface area contributed by atoms with Gasteiger partial charge in [-0.1, -0.05) is 48.5 Å². The van der Waals surface area contributed by atoms with Crippen LogP contribution in [-0.2, 0) is 9.53 Å². The molecular weight excluding hydrogens is 269 g/mol. The van der Waals surface area contributed by atoms with Gasteiger partial charge in [0.2, 0.25) is 0 Å². The molecule has 0 atom stereocenters. The van der Waals surface area contributed by atoms with Gasteiger partial charge in [0.1, 0.15) is 0 Å². The van der Waals surface area contributed by atoms with Crippen molar-refractivity contribution in [2.24, 2.45) is 0 Å². The van der Waals surface area contributed by atoms with E-state index in [4.69, 9.17) is 0 Å². The first-order chi connectivity index (χ1) is 9.48. The van der Waals surface area contributed by atoms with Crippen LogP contribution in [0.5, 0.6) is 0 Å². The number of halogens is 3. The van der Waals surface area contributed by atoms with Gasteiger partial charge in [-0.3, -0.25) is 0 Å². The molecule has 0 N–H and O–H groups in total. The fraction of sp³-hybridized carbons (Fsp3) is 0.133. The summed E-state index contributed by atoms with van der Waals surface area (Å²) in [4.78, 5) is 11.1. The second kappa shape index (κ2) is 4.37. The van der Waals surface area contributed by atoms with Crippen molar-refractivity contribution < 1.29 is 22.7 Å². The number of hydrogen-bond acceptors (Lipinski definition) is 2. The molecule has 1 aliphatic rings. The number of esters is 1. The van der Waals surface area contributed by atoms with Crippen molar-refractivity contribution in [2.45, 2.75) is 12.3 Å². The molecule has 0 radical (unpaired) electrons. The van der Waals surface area contributed by atoms with Crippen molar-refractivity contribution >= 4 is 5.97 Å². The van der Waals surface area contributed by atoms with Crippen LogP contribution in [-0.4, -0.2) is 12.1 Å². The van der Waals surface area contributed by atoms with Gasteiger partial charge in [0.05, 0.1) is 0 Å². The smallest absolute Gasteiger partial charge is 0.446 e. The van der Waals surface area contributed by atoms with E-state index in [1.807, 2.05) is 0 Å². The average Bonchev–Trinajstić information content (AvgIpc) is 2.73. The lowest BCUT2D eigenvalue weighted by Gasteiger charge is -2.16. The molecule has 0 bridgehead atoms. The maximum Gasteiger partial charge on any atom is 0.490 e. The van der Waals surface area contributed by atoms with Crippen LogP contribution in [0.4, 0.5) is 13.2 Å². The third-order valence-electron chi connectivity index (χ3n) is 3.23. The van der Waals surface area contributed by atoms with E-state index in [1.165, 1.54) is 0 Å². The minimum absolute atomic E-state index is 0.575. The number of rotatable bonds is 1. The van der Waals surface area contributed by atoms with Crippen LogP contribution < -0.4 is 0 Å². The highest BCUT2D eigenvalue weighted by molar-refractivity contribution is 5.81. The van der Waals surface area contributed by atoms with Crippen molar-refractivity contribution in [1.29, 1.82) is 0 Å². The van der Waals surface area contributed by atoms with E-state index in [0.29, 0.717) is 11.1 Å². The summed E-state index contributed by atoms with van der Waals surface area (Å²) in [6, 6.07) is 13.9. The topological polar surface area (TPSA) is 26.3 Å². The molecule has 0 saturated heterocycles. The van der Waals surface area contributed by atoms with Gasteiger partial charge in [-0.05, 0) is 11.1 Å². The first-order valence-electron chi connectivity index (χ1n) is 5.94. The van der Waals surface area contributed by atoms with E-state index in [-0.39, 0.29) is 0 Å². The maximum absolute atomic E-state index is 12.4. The zero-order chi connectivity index (χ0) is 14.3. The minimum atomic E-state index is -4.99. The van der Waals surface area contributed by atoms with Gasteiger partial charge in [-0.15, -0.1) is 0 Å². The molecule has 1 aliphatic carbocycles. The van der Waals surface area contributed by atoms with Gasteiger partial charge in [-0.25, -0.2) is 4.79 Å². The van der Waals surface area contributed by atoms with Gasteiger partial charge >= 0.3 is 12.1 Å². The Labute approximate surface area is 112 Å². The largest absolute Gasteiger partial charge is 0.490 e. The second-order valence-corrected chi connectivity index (χ2v) is 4.46. The van der Waals surface area contributed by atoms with Crippen LogP contribution in [0.25, 0.3) is 11.1 Å². The first kappa shape index (κ1) is 12.7. The predicted octanol–water partition coefficient (Wildman–Crippen LogP) is 3.86. The van der Waals surface area contributed by atoms with Crippen molar-refractivity contribution in [3.8, 4) is 11.1 Å². The molecule has 0 heterocycles. The fourth-order valence-electron chi connectivity index (χ4n) is 2.41. The molecule has 0 aliphatic heterocycles. The zero-order valence-electron chi connectivity index (χ0n) is 10.1. The quantitative estimate of drug-likeness (QED) is 0.740. The van der Waals surface area contributed by atoms with E-state index in [1.54, 1.807) is 48.5 Å². The Kier molecular flexibility index (Phi) is 2.78. The Bertz CT molecular complexity index is 631. The van der Waals surface area contributed by atoms with E-state index in [0.717, 1.165) is 11.1 Å².